The van der Waals surface area contributed by atoms with Crippen LogP contribution in [-0.2, 0) is 9.53 Å². The number of aliphatic hydroxyl groups is 3. The van der Waals surface area contributed by atoms with Crippen LogP contribution in [0, 0.1) is 35.0 Å². The maximum Gasteiger partial charge on any atom is 0.331 e. The fraction of sp³-hybridized carbons (Fsp3) is 0.486. The standard InChI is InChI=1S/C37H48O6/c1-23-13-19-31(40)25(3)30(39)12-10-8-7-9-11-28-24(2)21-29-34(36(4,5)22-37(29,6)42)33(28)35(43-32(41)20-14-23)26-15-17-27(38)18-16-26/h7-18,20-21,25,28-31,33-35,38-40,42H,19,22H2,1-6H3. The fourth-order valence-electron chi connectivity index (χ4n) is 7.53. The van der Waals surface area contributed by atoms with Crippen LogP contribution in [0.5, 0.6) is 5.75 Å². The van der Waals surface area contributed by atoms with Crippen molar-refractivity contribution < 1.29 is 30.0 Å². The largest absolute Gasteiger partial charge is 0.508 e. The van der Waals surface area contributed by atoms with Gasteiger partial charge >= 0.3 is 5.97 Å². The number of benzene rings is 1. The van der Waals surface area contributed by atoms with E-state index < -0.39 is 29.9 Å². The Balaban J connectivity index is 1.85. The minimum Gasteiger partial charge on any atom is -0.508 e. The summed E-state index contributed by atoms with van der Waals surface area (Å²) in [6, 6.07) is 6.83. The molecule has 0 spiro atoms. The van der Waals surface area contributed by atoms with E-state index in [9.17, 15) is 25.2 Å². The lowest BCUT2D eigenvalue weighted by Gasteiger charge is -2.47. The lowest BCUT2D eigenvalue weighted by atomic mass is 9.59. The molecule has 6 nitrogen and oxygen atoms in total. The van der Waals surface area contributed by atoms with Gasteiger partial charge in [0.25, 0.3) is 0 Å². The molecule has 9 atom stereocenters. The average molecular weight is 589 g/mol. The summed E-state index contributed by atoms with van der Waals surface area (Å²) in [6.07, 6.45) is 17.2. The Morgan fingerprint density at radius 3 is 2.26 bits per heavy atom. The third-order valence-corrected chi connectivity index (χ3v) is 9.70. The molecule has 2 aliphatic carbocycles. The number of rotatable bonds is 1. The highest BCUT2D eigenvalue weighted by atomic mass is 16.5. The molecule has 1 aromatic rings. The Labute approximate surface area is 256 Å². The Kier molecular flexibility index (Phi) is 10.1. The lowest BCUT2D eigenvalue weighted by Crippen LogP contribution is -2.44. The number of carbonyl (C=O) groups excluding carboxylic acids is 1. The lowest BCUT2D eigenvalue weighted by molar-refractivity contribution is -0.150. The highest BCUT2D eigenvalue weighted by Gasteiger charge is 2.60. The number of esters is 1. The van der Waals surface area contributed by atoms with Gasteiger partial charge in [-0.25, -0.2) is 4.79 Å². The Morgan fingerprint density at radius 2 is 1.58 bits per heavy atom. The summed E-state index contributed by atoms with van der Waals surface area (Å²) in [7, 11) is 0. The van der Waals surface area contributed by atoms with Crippen molar-refractivity contribution in [2.45, 2.75) is 78.3 Å². The molecule has 4 N–H and O–H groups in total. The van der Waals surface area contributed by atoms with Gasteiger partial charge in [0.1, 0.15) is 11.9 Å². The summed E-state index contributed by atoms with van der Waals surface area (Å²) in [5, 5.41) is 42.8. The summed E-state index contributed by atoms with van der Waals surface area (Å²) in [5.74, 6) is -1.15. The molecule has 43 heavy (non-hydrogen) atoms. The van der Waals surface area contributed by atoms with Crippen molar-refractivity contribution in [2.75, 3.05) is 0 Å². The third kappa shape index (κ3) is 7.49. The number of phenolic OH excluding ortho intramolecular Hbond substituents is 1. The van der Waals surface area contributed by atoms with Crippen molar-refractivity contribution in [3.63, 3.8) is 0 Å². The molecule has 3 aliphatic rings. The molecule has 1 aliphatic heterocycles. The van der Waals surface area contributed by atoms with Gasteiger partial charge in [0.2, 0.25) is 0 Å². The molecule has 1 aromatic carbocycles. The highest BCUT2D eigenvalue weighted by molar-refractivity contribution is 5.82. The molecule has 232 valence electrons. The van der Waals surface area contributed by atoms with Gasteiger partial charge in [0.15, 0.2) is 0 Å². The molecule has 0 saturated heterocycles. The first-order valence-electron chi connectivity index (χ1n) is 15.3. The third-order valence-electron chi connectivity index (χ3n) is 9.70. The number of phenols is 1. The number of aromatic hydroxyl groups is 1. The van der Waals surface area contributed by atoms with E-state index in [0.29, 0.717) is 12.8 Å². The quantitative estimate of drug-likeness (QED) is 0.220. The van der Waals surface area contributed by atoms with Crippen LogP contribution in [0.3, 0.4) is 0 Å². The molecule has 0 radical (unpaired) electrons. The number of aliphatic hydroxyl groups excluding tert-OH is 2. The number of carbonyl (C=O) groups is 1. The second-order valence-corrected chi connectivity index (χ2v) is 13.6. The minimum absolute atomic E-state index is 0.00540. The van der Waals surface area contributed by atoms with Crippen molar-refractivity contribution in [2.24, 2.45) is 35.0 Å². The van der Waals surface area contributed by atoms with Crippen LogP contribution in [0.15, 0.2) is 96.2 Å². The van der Waals surface area contributed by atoms with E-state index in [1.807, 2.05) is 38.2 Å². The zero-order chi connectivity index (χ0) is 31.5. The summed E-state index contributed by atoms with van der Waals surface area (Å²) >= 11 is 0. The number of cyclic esters (lactones) is 1. The van der Waals surface area contributed by atoms with Gasteiger partial charge in [-0.05, 0) is 62.6 Å². The predicted molar refractivity (Wildman–Crippen MR) is 170 cm³/mol. The molecule has 9 unspecified atom stereocenters. The SMILES string of the molecule is CC1=CCC(O)C(C)C(O)C=CC=CC=CC2C(C)=CC3C(C2C(c2ccc(O)cc2)OC(=O)C=C1)C(C)(C)CC3(C)O. The van der Waals surface area contributed by atoms with Crippen molar-refractivity contribution in [3.05, 3.63) is 102 Å². The summed E-state index contributed by atoms with van der Waals surface area (Å²) in [5.41, 5.74) is 1.51. The molecular weight excluding hydrogens is 540 g/mol. The van der Waals surface area contributed by atoms with Gasteiger partial charge < -0.3 is 25.2 Å². The molecule has 6 heteroatoms. The van der Waals surface area contributed by atoms with Crippen LogP contribution in [0.1, 0.15) is 66.1 Å². The minimum atomic E-state index is -0.910. The number of allylic oxidation sites excluding steroid dienone is 8. The first-order chi connectivity index (χ1) is 20.2. The number of fused-ring (bicyclic) bond motifs is 3. The maximum atomic E-state index is 13.4. The first kappa shape index (κ1) is 32.7. The van der Waals surface area contributed by atoms with Crippen LogP contribution < -0.4 is 0 Å². The van der Waals surface area contributed by atoms with Crippen molar-refractivity contribution in [1.29, 1.82) is 0 Å². The summed E-state index contributed by atoms with van der Waals surface area (Å²) < 4.78 is 6.34. The van der Waals surface area contributed by atoms with E-state index in [1.54, 1.807) is 49.4 Å². The van der Waals surface area contributed by atoms with Crippen molar-refractivity contribution >= 4 is 5.97 Å². The van der Waals surface area contributed by atoms with E-state index in [4.69, 9.17) is 4.74 Å². The monoisotopic (exact) mass is 588 g/mol. The second-order valence-electron chi connectivity index (χ2n) is 13.6. The highest BCUT2D eigenvalue weighted by Crippen LogP contribution is 2.62. The first-order valence-corrected chi connectivity index (χ1v) is 15.3. The second kappa shape index (κ2) is 13.2. The fourth-order valence-corrected chi connectivity index (χ4v) is 7.53. The number of hydrogen-bond acceptors (Lipinski definition) is 6. The van der Waals surface area contributed by atoms with Crippen molar-refractivity contribution in [1.82, 2.24) is 0 Å². The normalized spacial score (nSPS) is 36.8. The molecule has 0 amide bonds. The van der Waals surface area contributed by atoms with Gasteiger partial charge in [-0.15, -0.1) is 0 Å². The van der Waals surface area contributed by atoms with E-state index in [0.717, 1.165) is 16.7 Å². The topological polar surface area (TPSA) is 107 Å². The smallest absolute Gasteiger partial charge is 0.331 e. The van der Waals surface area contributed by atoms with Gasteiger partial charge in [0.05, 0.1) is 17.8 Å². The van der Waals surface area contributed by atoms with E-state index in [-0.39, 0.29) is 40.8 Å². The van der Waals surface area contributed by atoms with Crippen molar-refractivity contribution in [3.8, 4) is 5.75 Å². The summed E-state index contributed by atoms with van der Waals surface area (Å²) in [6.45, 7) is 12.0. The van der Waals surface area contributed by atoms with Gasteiger partial charge in [-0.3, -0.25) is 0 Å². The van der Waals surface area contributed by atoms with Crippen LogP contribution in [0.4, 0.5) is 0 Å². The molecule has 0 aromatic heterocycles. The predicted octanol–water partition coefficient (Wildman–Crippen LogP) is 6.51. The van der Waals surface area contributed by atoms with Gasteiger partial charge in [-0.2, -0.15) is 0 Å². The van der Waals surface area contributed by atoms with Crippen LogP contribution >= 0.6 is 0 Å². The molecule has 1 heterocycles. The Morgan fingerprint density at radius 1 is 0.930 bits per heavy atom. The average Bonchev–Trinajstić information content (AvgIpc) is 3.13. The van der Waals surface area contributed by atoms with Gasteiger partial charge in [0, 0.05) is 29.7 Å². The van der Waals surface area contributed by atoms with E-state index in [2.05, 4.69) is 32.9 Å². The van der Waals surface area contributed by atoms with E-state index in [1.165, 1.54) is 6.08 Å². The molecular formula is C37H48O6. The molecule has 1 saturated carbocycles. The summed E-state index contributed by atoms with van der Waals surface area (Å²) in [4.78, 5) is 13.4. The molecule has 1 fully saturated rings. The number of ether oxygens (including phenoxy) is 1. The van der Waals surface area contributed by atoms with E-state index >= 15 is 0 Å². The van der Waals surface area contributed by atoms with Crippen LogP contribution in [0.25, 0.3) is 0 Å². The zero-order valence-corrected chi connectivity index (χ0v) is 26.2. The Bertz CT molecular complexity index is 1330. The van der Waals surface area contributed by atoms with Crippen LogP contribution in [-0.4, -0.2) is 44.2 Å². The van der Waals surface area contributed by atoms with Crippen LogP contribution in [0.2, 0.25) is 0 Å². The van der Waals surface area contributed by atoms with Gasteiger partial charge in [-0.1, -0.05) is 98.7 Å². The Hall–Kier alpha value is -3.19. The molecule has 4 rings (SSSR count). The maximum absolute atomic E-state index is 13.4. The zero-order valence-electron chi connectivity index (χ0n) is 26.2. The molecule has 0 bridgehead atoms. The number of hydrogen-bond donors (Lipinski definition) is 4.